The monoisotopic (exact) mass is 405 g/mol. The van der Waals surface area contributed by atoms with Crippen LogP contribution in [0.1, 0.15) is 14.6 Å². The van der Waals surface area contributed by atoms with Crippen LogP contribution in [-0.4, -0.2) is 56.9 Å². The van der Waals surface area contributed by atoms with Crippen LogP contribution in [0.3, 0.4) is 0 Å². The van der Waals surface area contributed by atoms with Gasteiger partial charge in [-0.15, -0.1) is 0 Å². The molecule has 2 aromatic carbocycles. The van der Waals surface area contributed by atoms with E-state index in [0.29, 0.717) is 49.1 Å². The number of hydrogen-bond acceptors (Lipinski definition) is 6. The second kappa shape index (κ2) is 7.47. The highest BCUT2D eigenvalue weighted by molar-refractivity contribution is 5.94. The van der Waals surface area contributed by atoms with Gasteiger partial charge in [0.2, 0.25) is 0 Å². The molecular formula is C22H27N7O. The lowest BCUT2D eigenvalue weighted by molar-refractivity contribution is 0.0746. The summed E-state index contributed by atoms with van der Waals surface area (Å²) in [6.45, 7) is 2.60. The van der Waals surface area contributed by atoms with Crippen molar-refractivity contribution in [1.29, 1.82) is 0 Å². The van der Waals surface area contributed by atoms with Gasteiger partial charge in [0.05, 0.1) is 17.2 Å². The molecule has 0 atom stereocenters. The van der Waals surface area contributed by atoms with E-state index in [9.17, 15) is 4.79 Å². The van der Waals surface area contributed by atoms with E-state index in [0.717, 1.165) is 16.9 Å². The average Bonchev–Trinajstić information content (AvgIpc) is 3.24. The molecule has 5 rings (SSSR count). The van der Waals surface area contributed by atoms with Crippen LogP contribution in [0.4, 0.5) is 11.6 Å². The Morgan fingerprint density at radius 1 is 0.967 bits per heavy atom. The third-order valence-electron chi connectivity index (χ3n) is 5.31. The van der Waals surface area contributed by atoms with Crippen LogP contribution in [0.5, 0.6) is 0 Å². The molecule has 8 heteroatoms. The van der Waals surface area contributed by atoms with Gasteiger partial charge in [-0.05, 0) is 24.3 Å². The van der Waals surface area contributed by atoms with Gasteiger partial charge in [-0.1, -0.05) is 30.3 Å². The highest BCUT2D eigenvalue weighted by Gasteiger charge is 2.24. The summed E-state index contributed by atoms with van der Waals surface area (Å²) in [7, 11) is 0. The normalized spacial score (nSPS) is 14.3. The number of nitrogens with two attached hydrogens (primary N) is 1. The molecule has 1 aliphatic heterocycles. The van der Waals surface area contributed by atoms with E-state index in [1.165, 1.54) is 0 Å². The third kappa shape index (κ3) is 3.32. The van der Waals surface area contributed by atoms with E-state index in [-0.39, 0.29) is 10.2 Å². The van der Waals surface area contributed by atoms with Crippen molar-refractivity contribution in [2.45, 2.75) is 0 Å². The van der Waals surface area contributed by atoms with Crippen molar-refractivity contribution in [3.05, 3.63) is 66.4 Å². The number of anilines is 2. The maximum absolute atomic E-state index is 12.7. The van der Waals surface area contributed by atoms with E-state index in [2.05, 4.69) is 19.9 Å². The predicted molar refractivity (Wildman–Crippen MR) is 122 cm³/mol. The zero-order chi connectivity index (χ0) is 20.5. The van der Waals surface area contributed by atoms with Crippen LogP contribution in [0.15, 0.2) is 60.8 Å². The second-order valence-electron chi connectivity index (χ2n) is 7.21. The smallest absolute Gasteiger partial charge is 0.253 e. The minimum absolute atomic E-state index is 0. The van der Waals surface area contributed by atoms with Crippen molar-refractivity contribution in [2.24, 2.45) is 0 Å². The number of imidazole rings is 1. The SMILES string of the molecule is Nc1ncc(N2CCN(C(=O)c3ccccc3)CC2)nc1-c1nc2ccccc2[nH]1.[HH].[HH].[HH]. The molecule has 4 aromatic rings. The molecule has 1 saturated heterocycles. The number of nitrogens with zero attached hydrogens (tertiary/aromatic N) is 5. The largest absolute Gasteiger partial charge is 0.382 e. The molecule has 1 fully saturated rings. The van der Waals surface area contributed by atoms with E-state index in [1.807, 2.05) is 59.5 Å². The van der Waals surface area contributed by atoms with Crippen molar-refractivity contribution in [1.82, 2.24) is 24.8 Å². The number of nitrogen functional groups attached to an aromatic ring is 1. The van der Waals surface area contributed by atoms with Gasteiger partial charge in [-0.2, -0.15) is 0 Å². The van der Waals surface area contributed by atoms with Gasteiger partial charge in [0.1, 0.15) is 5.82 Å². The molecular weight excluding hydrogens is 378 g/mol. The topological polar surface area (TPSA) is 104 Å². The molecule has 1 aliphatic rings. The summed E-state index contributed by atoms with van der Waals surface area (Å²) in [4.78, 5) is 33.6. The molecule has 8 nitrogen and oxygen atoms in total. The Morgan fingerprint density at radius 3 is 2.47 bits per heavy atom. The summed E-state index contributed by atoms with van der Waals surface area (Å²) in [6.07, 6.45) is 1.68. The minimum Gasteiger partial charge on any atom is -0.382 e. The number of fused-ring (bicyclic) bond motifs is 1. The first-order valence-corrected chi connectivity index (χ1v) is 9.86. The number of aromatic nitrogens is 4. The number of nitrogens with one attached hydrogen (secondary N) is 1. The zero-order valence-electron chi connectivity index (χ0n) is 16.3. The molecule has 30 heavy (non-hydrogen) atoms. The summed E-state index contributed by atoms with van der Waals surface area (Å²) in [6, 6.07) is 17.2. The molecule has 0 radical (unpaired) electrons. The fourth-order valence-electron chi connectivity index (χ4n) is 3.68. The standard InChI is InChI=1S/C22H21N7O.3H2/c23-20-19(21-25-16-8-4-5-9-17(16)26-21)27-18(14-24-20)28-10-12-29(13-11-28)22(30)15-6-2-1-3-7-15;;;/h1-9,14H,10-13H2,(H2,23,24)(H,25,26);3*1H. The van der Waals surface area contributed by atoms with E-state index in [4.69, 9.17) is 10.7 Å². The lowest BCUT2D eigenvalue weighted by Crippen LogP contribution is -2.49. The number of amides is 1. The highest BCUT2D eigenvalue weighted by atomic mass is 16.2. The Labute approximate surface area is 177 Å². The molecule has 3 N–H and O–H groups in total. The molecule has 0 unspecified atom stereocenters. The van der Waals surface area contributed by atoms with Gasteiger partial charge in [0.15, 0.2) is 17.3 Å². The Morgan fingerprint density at radius 2 is 1.70 bits per heavy atom. The number of hydrogen-bond donors (Lipinski definition) is 2. The second-order valence-corrected chi connectivity index (χ2v) is 7.21. The van der Waals surface area contributed by atoms with Gasteiger partial charge in [-0.3, -0.25) is 4.79 Å². The maximum Gasteiger partial charge on any atom is 0.253 e. The van der Waals surface area contributed by atoms with E-state index >= 15 is 0 Å². The fraction of sp³-hybridized carbons (Fsp3) is 0.182. The summed E-state index contributed by atoms with van der Waals surface area (Å²) >= 11 is 0. The van der Waals surface area contributed by atoms with Gasteiger partial charge in [0, 0.05) is 36.0 Å². The number of benzene rings is 2. The Balaban J connectivity index is 0.00000128. The van der Waals surface area contributed by atoms with Crippen LogP contribution < -0.4 is 10.6 Å². The number of carbonyl (C=O) groups excluding carboxylic acids is 1. The predicted octanol–water partition coefficient (Wildman–Crippen LogP) is 3.30. The van der Waals surface area contributed by atoms with Gasteiger partial charge >= 0.3 is 0 Å². The molecule has 3 heterocycles. The van der Waals surface area contributed by atoms with Crippen LogP contribution >= 0.6 is 0 Å². The highest BCUT2D eigenvalue weighted by Crippen LogP contribution is 2.25. The average molecular weight is 406 g/mol. The number of H-pyrrole nitrogens is 1. The molecule has 0 spiro atoms. The first-order valence-electron chi connectivity index (χ1n) is 9.86. The quantitative estimate of drug-likeness (QED) is 0.542. The number of aromatic amines is 1. The van der Waals surface area contributed by atoms with E-state index in [1.54, 1.807) is 6.20 Å². The number of rotatable bonds is 3. The van der Waals surface area contributed by atoms with Gasteiger partial charge in [0.25, 0.3) is 5.91 Å². The van der Waals surface area contributed by atoms with Crippen molar-refractivity contribution in [3.63, 3.8) is 0 Å². The Kier molecular flexibility index (Phi) is 4.51. The van der Waals surface area contributed by atoms with Crippen molar-refractivity contribution in [2.75, 3.05) is 36.8 Å². The molecule has 0 aliphatic carbocycles. The summed E-state index contributed by atoms with van der Waals surface area (Å²) in [5, 5.41) is 0. The van der Waals surface area contributed by atoms with Gasteiger partial charge < -0.3 is 20.5 Å². The third-order valence-corrected chi connectivity index (χ3v) is 5.31. The summed E-state index contributed by atoms with van der Waals surface area (Å²) in [5.41, 5.74) is 9.12. The lowest BCUT2D eigenvalue weighted by atomic mass is 10.2. The maximum atomic E-state index is 12.7. The Bertz CT molecular complexity index is 1180. The Hall–Kier alpha value is -3.94. The van der Waals surface area contributed by atoms with Crippen molar-refractivity contribution in [3.8, 4) is 11.5 Å². The van der Waals surface area contributed by atoms with Crippen LogP contribution in [0.2, 0.25) is 0 Å². The lowest BCUT2D eigenvalue weighted by Gasteiger charge is -2.35. The first-order chi connectivity index (χ1) is 14.7. The van der Waals surface area contributed by atoms with E-state index < -0.39 is 0 Å². The van der Waals surface area contributed by atoms with Crippen LogP contribution in [-0.2, 0) is 0 Å². The van der Waals surface area contributed by atoms with Crippen LogP contribution in [0.25, 0.3) is 22.6 Å². The first kappa shape index (κ1) is 18.1. The fourth-order valence-corrected chi connectivity index (χ4v) is 3.68. The number of piperazine rings is 1. The molecule has 0 bridgehead atoms. The summed E-state index contributed by atoms with van der Waals surface area (Å²) in [5.74, 6) is 1.71. The van der Waals surface area contributed by atoms with Crippen LogP contribution in [0, 0.1) is 0 Å². The molecule has 2 aromatic heterocycles. The number of para-hydroxylation sites is 2. The molecule has 1 amide bonds. The van der Waals surface area contributed by atoms with Gasteiger partial charge in [-0.25, -0.2) is 15.0 Å². The zero-order valence-corrected chi connectivity index (χ0v) is 16.3. The minimum atomic E-state index is 0. The molecule has 156 valence electrons. The number of carbonyl (C=O) groups is 1. The molecule has 0 saturated carbocycles. The summed E-state index contributed by atoms with van der Waals surface area (Å²) < 4.78 is 0. The van der Waals surface area contributed by atoms with Crippen molar-refractivity contribution >= 4 is 28.6 Å². The van der Waals surface area contributed by atoms with Crippen molar-refractivity contribution < 1.29 is 9.07 Å².